The summed E-state index contributed by atoms with van der Waals surface area (Å²) in [4.78, 5) is 14.5. The Morgan fingerprint density at radius 3 is 2.52 bits per heavy atom. The Balaban J connectivity index is 2.02. The van der Waals surface area contributed by atoms with Crippen LogP contribution < -0.4 is 15.0 Å². The molecule has 4 nitrogen and oxygen atoms in total. The summed E-state index contributed by atoms with van der Waals surface area (Å²) < 4.78 is 6.51. The summed E-state index contributed by atoms with van der Waals surface area (Å²) in [5.41, 5.74) is 1.46. The number of halogens is 1. The van der Waals surface area contributed by atoms with Crippen LogP contribution in [-0.4, -0.2) is 24.2 Å². The number of rotatable bonds is 7. The van der Waals surface area contributed by atoms with E-state index in [4.69, 9.17) is 17.0 Å². The van der Waals surface area contributed by atoms with Gasteiger partial charge in [-0.05, 0) is 77.7 Å². The summed E-state index contributed by atoms with van der Waals surface area (Å²) in [7, 11) is 0. The lowest BCUT2D eigenvalue weighted by molar-refractivity contribution is 0.0977. The summed E-state index contributed by atoms with van der Waals surface area (Å²) in [6.45, 7) is 7.61. The molecule has 2 aromatic carbocycles. The first kappa shape index (κ1) is 21.4. The maximum atomic E-state index is 12.6. The molecule has 0 saturated carbocycles. The molecule has 0 fully saturated rings. The van der Waals surface area contributed by atoms with Crippen LogP contribution >= 0.6 is 28.1 Å². The quantitative estimate of drug-likeness (QED) is 0.574. The summed E-state index contributed by atoms with van der Waals surface area (Å²) in [5, 5.41) is 3.18. The van der Waals surface area contributed by atoms with Crippen molar-refractivity contribution in [2.45, 2.75) is 27.2 Å². The maximum Gasteiger partial charge on any atom is 0.257 e. The van der Waals surface area contributed by atoms with Crippen molar-refractivity contribution in [2.24, 2.45) is 5.92 Å². The zero-order valence-electron chi connectivity index (χ0n) is 15.9. The fourth-order valence-corrected chi connectivity index (χ4v) is 3.27. The molecule has 0 bridgehead atoms. The largest absolute Gasteiger partial charge is 0.492 e. The van der Waals surface area contributed by atoms with Crippen molar-refractivity contribution in [2.75, 3.05) is 18.1 Å². The van der Waals surface area contributed by atoms with Crippen LogP contribution in [0.2, 0.25) is 0 Å². The Morgan fingerprint density at radius 2 is 1.93 bits per heavy atom. The summed E-state index contributed by atoms with van der Waals surface area (Å²) in [6.07, 6.45) is 0.981. The van der Waals surface area contributed by atoms with E-state index in [1.54, 1.807) is 18.2 Å². The Bertz CT molecular complexity index is 781. The minimum absolute atomic E-state index is 0.246. The Hall–Kier alpha value is -1.92. The Morgan fingerprint density at radius 1 is 1.22 bits per heavy atom. The molecule has 1 amide bonds. The zero-order chi connectivity index (χ0) is 19.8. The molecule has 2 aromatic rings. The van der Waals surface area contributed by atoms with E-state index in [1.807, 2.05) is 42.2 Å². The van der Waals surface area contributed by atoms with Crippen LogP contribution in [0.1, 0.15) is 37.6 Å². The van der Waals surface area contributed by atoms with Crippen LogP contribution in [0.3, 0.4) is 0 Å². The van der Waals surface area contributed by atoms with E-state index in [-0.39, 0.29) is 5.91 Å². The molecule has 0 heterocycles. The number of nitrogens with zero attached hydrogens (tertiary/aromatic N) is 1. The number of thiocarbonyl (C=S) groups is 1. The third-order valence-electron chi connectivity index (χ3n) is 4.00. The van der Waals surface area contributed by atoms with Crippen LogP contribution in [0.15, 0.2) is 53.0 Å². The molecule has 0 spiro atoms. The van der Waals surface area contributed by atoms with Gasteiger partial charge >= 0.3 is 0 Å². The first-order valence-electron chi connectivity index (χ1n) is 9.02. The van der Waals surface area contributed by atoms with Gasteiger partial charge in [-0.1, -0.05) is 32.0 Å². The number of carbonyl (C=O) groups is 1. The van der Waals surface area contributed by atoms with E-state index in [2.05, 4.69) is 35.1 Å². The van der Waals surface area contributed by atoms with Gasteiger partial charge in [0.15, 0.2) is 5.11 Å². The number of carbonyl (C=O) groups excluding carboxylic acids is 1. The SMILES string of the molecule is CCN(C(=S)NC(=O)c1ccc(OCCC(C)C)c(Br)c1)c1ccccc1. The van der Waals surface area contributed by atoms with Crippen molar-refractivity contribution >= 4 is 44.9 Å². The zero-order valence-corrected chi connectivity index (χ0v) is 18.3. The van der Waals surface area contributed by atoms with Crippen LogP contribution in [0.25, 0.3) is 0 Å². The molecule has 0 atom stereocenters. The average molecular weight is 449 g/mol. The van der Waals surface area contributed by atoms with Gasteiger partial charge < -0.3 is 9.64 Å². The van der Waals surface area contributed by atoms with Crippen LogP contribution in [-0.2, 0) is 0 Å². The highest BCUT2D eigenvalue weighted by molar-refractivity contribution is 9.10. The van der Waals surface area contributed by atoms with Crippen molar-refractivity contribution in [1.82, 2.24) is 5.32 Å². The molecule has 0 aliphatic heterocycles. The van der Waals surface area contributed by atoms with Crippen molar-refractivity contribution < 1.29 is 9.53 Å². The molecule has 0 radical (unpaired) electrons. The molecule has 0 aliphatic rings. The Labute approximate surface area is 175 Å². The van der Waals surface area contributed by atoms with Gasteiger partial charge in [0.05, 0.1) is 11.1 Å². The number of benzene rings is 2. The van der Waals surface area contributed by atoms with Gasteiger partial charge in [-0.3, -0.25) is 10.1 Å². The fraction of sp³-hybridized carbons (Fsp3) is 0.333. The molecule has 0 unspecified atom stereocenters. The molecule has 0 aliphatic carbocycles. The number of amides is 1. The second-order valence-electron chi connectivity index (χ2n) is 6.52. The number of nitrogens with one attached hydrogen (secondary N) is 1. The van der Waals surface area contributed by atoms with Crippen molar-refractivity contribution in [1.29, 1.82) is 0 Å². The van der Waals surface area contributed by atoms with E-state index < -0.39 is 0 Å². The second kappa shape index (κ2) is 10.4. The highest BCUT2D eigenvalue weighted by atomic mass is 79.9. The highest BCUT2D eigenvalue weighted by Crippen LogP contribution is 2.26. The van der Waals surface area contributed by atoms with Gasteiger partial charge in [-0.2, -0.15) is 0 Å². The molecule has 0 saturated heterocycles. The van der Waals surface area contributed by atoms with Crippen molar-refractivity contribution in [3.8, 4) is 5.75 Å². The lowest BCUT2D eigenvalue weighted by Crippen LogP contribution is -2.42. The third-order valence-corrected chi connectivity index (χ3v) is 4.94. The smallest absolute Gasteiger partial charge is 0.257 e. The summed E-state index contributed by atoms with van der Waals surface area (Å²) in [5.74, 6) is 1.07. The van der Waals surface area contributed by atoms with Gasteiger partial charge in [0.25, 0.3) is 5.91 Å². The number of hydrogen-bond acceptors (Lipinski definition) is 3. The lowest BCUT2D eigenvalue weighted by Gasteiger charge is -2.23. The van der Waals surface area contributed by atoms with E-state index in [9.17, 15) is 4.79 Å². The van der Waals surface area contributed by atoms with E-state index in [0.717, 1.165) is 22.3 Å². The molecular weight excluding hydrogens is 424 g/mol. The molecule has 1 N–H and O–H groups in total. The predicted molar refractivity (Wildman–Crippen MR) is 119 cm³/mol. The minimum Gasteiger partial charge on any atom is -0.492 e. The van der Waals surface area contributed by atoms with Crippen LogP contribution in [0.5, 0.6) is 5.75 Å². The van der Waals surface area contributed by atoms with Gasteiger partial charge in [0, 0.05) is 17.8 Å². The number of ether oxygens (including phenoxy) is 1. The molecule has 6 heteroatoms. The maximum absolute atomic E-state index is 12.6. The van der Waals surface area contributed by atoms with Gasteiger partial charge in [0.2, 0.25) is 0 Å². The van der Waals surface area contributed by atoms with Crippen molar-refractivity contribution in [3.63, 3.8) is 0 Å². The second-order valence-corrected chi connectivity index (χ2v) is 7.76. The molecule has 144 valence electrons. The number of anilines is 1. The predicted octanol–water partition coefficient (Wildman–Crippen LogP) is 5.42. The fourth-order valence-electron chi connectivity index (χ4n) is 2.45. The third kappa shape index (κ3) is 6.33. The van der Waals surface area contributed by atoms with Crippen LogP contribution in [0, 0.1) is 5.92 Å². The standard InChI is InChI=1S/C21H25BrN2O2S/c1-4-24(17-8-6-5-7-9-17)21(27)23-20(25)16-10-11-19(18(22)14-16)26-13-12-15(2)3/h5-11,14-15H,4,12-13H2,1-3H3,(H,23,25,27). The number of hydrogen-bond donors (Lipinski definition) is 1. The lowest BCUT2D eigenvalue weighted by atomic mass is 10.1. The first-order valence-corrected chi connectivity index (χ1v) is 10.2. The van der Waals surface area contributed by atoms with E-state index >= 15 is 0 Å². The monoisotopic (exact) mass is 448 g/mol. The minimum atomic E-state index is -0.246. The summed E-state index contributed by atoms with van der Waals surface area (Å²) >= 11 is 8.91. The molecular formula is C21H25BrN2O2S. The average Bonchev–Trinajstić information content (AvgIpc) is 2.64. The summed E-state index contributed by atoms with van der Waals surface area (Å²) in [6, 6.07) is 15.0. The Kier molecular flexibility index (Phi) is 8.25. The molecule has 0 aromatic heterocycles. The topological polar surface area (TPSA) is 41.6 Å². The van der Waals surface area contributed by atoms with Crippen LogP contribution in [0.4, 0.5) is 5.69 Å². The molecule has 27 heavy (non-hydrogen) atoms. The normalized spacial score (nSPS) is 10.6. The van der Waals surface area contributed by atoms with E-state index in [1.165, 1.54) is 0 Å². The van der Waals surface area contributed by atoms with Gasteiger partial charge in [0.1, 0.15) is 5.75 Å². The number of para-hydroxylation sites is 1. The van der Waals surface area contributed by atoms with Gasteiger partial charge in [-0.15, -0.1) is 0 Å². The first-order chi connectivity index (χ1) is 12.9. The molecule has 2 rings (SSSR count). The van der Waals surface area contributed by atoms with Gasteiger partial charge in [-0.25, -0.2) is 0 Å². The van der Waals surface area contributed by atoms with E-state index in [0.29, 0.717) is 29.7 Å². The highest BCUT2D eigenvalue weighted by Gasteiger charge is 2.15. The van der Waals surface area contributed by atoms with Crippen molar-refractivity contribution in [3.05, 3.63) is 58.6 Å².